The Kier molecular flexibility index (Phi) is 2.55. The maximum absolute atomic E-state index is 11.6. The van der Waals surface area contributed by atoms with Gasteiger partial charge in [-0.1, -0.05) is 15.9 Å². The van der Waals surface area contributed by atoms with Crippen molar-refractivity contribution in [2.24, 2.45) is 0 Å². The zero-order valence-electron chi connectivity index (χ0n) is 7.72. The van der Waals surface area contributed by atoms with Gasteiger partial charge in [0.1, 0.15) is 0 Å². The Labute approximate surface area is 94.5 Å². The van der Waals surface area contributed by atoms with Crippen LogP contribution in [0.15, 0.2) is 45.9 Å². The molecular weight excluding hydrogens is 258 g/mol. The third-order valence-electron chi connectivity index (χ3n) is 1.97. The first-order chi connectivity index (χ1) is 7.18. The molecule has 2 N–H and O–H groups in total. The number of nitrogen functional groups attached to an aromatic ring is 1. The molecule has 0 saturated carbocycles. The molecule has 0 aliphatic carbocycles. The van der Waals surface area contributed by atoms with Gasteiger partial charge in [-0.05, 0) is 24.3 Å². The first-order valence-corrected chi connectivity index (χ1v) is 5.07. The first-order valence-electron chi connectivity index (χ1n) is 4.27. The molecule has 76 valence electrons. The van der Waals surface area contributed by atoms with Crippen LogP contribution in [0.3, 0.4) is 0 Å². The van der Waals surface area contributed by atoms with E-state index >= 15 is 0 Å². The molecule has 5 heteroatoms. The molecule has 4 nitrogen and oxygen atoms in total. The number of halogens is 1. The van der Waals surface area contributed by atoms with E-state index in [0.29, 0.717) is 0 Å². The van der Waals surface area contributed by atoms with Gasteiger partial charge in [-0.2, -0.15) is 0 Å². The van der Waals surface area contributed by atoms with E-state index in [1.54, 1.807) is 6.20 Å². The second-order valence-corrected chi connectivity index (χ2v) is 3.88. The lowest BCUT2D eigenvalue weighted by molar-refractivity contribution is 0.964. The summed E-state index contributed by atoms with van der Waals surface area (Å²) in [5, 5.41) is 0. The molecule has 0 amide bonds. The third-order valence-corrected chi connectivity index (χ3v) is 2.50. The van der Waals surface area contributed by atoms with Crippen LogP contribution in [0, 0.1) is 0 Å². The predicted octanol–water partition coefficient (Wildman–Crippen LogP) is 1.58. The fraction of sp³-hybridized carbons (Fsp3) is 0. The number of hydrogen-bond donors (Lipinski definition) is 1. The SMILES string of the molecule is Nc1nccn(-c2ccc(Br)cc2)c1=O. The Balaban J connectivity index is 2.59. The lowest BCUT2D eigenvalue weighted by Crippen LogP contribution is -2.21. The number of aromatic nitrogens is 2. The van der Waals surface area contributed by atoms with Crippen LogP contribution in [-0.2, 0) is 0 Å². The molecule has 0 unspecified atom stereocenters. The minimum atomic E-state index is -0.306. The molecular formula is C10H8BrN3O. The summed E-state index contributed by atoms with van der Waals surface area (Å²) in [7, 11) is 0. The largest absolute Gasteiger partial charge is 0.379 e. The van der Waals surface area contributed by atoms with Crippen molar-refractivity contribution in [3.63, 3.8) is 0 Å². The minimum absolute atomic E-state index is 0.000388. The van der Waals surface area contributed by atoms with Gasteiger partial charge in [-0.3, -0.25) is 9.36 Å². The van der Waals surface area contributed by atoms with Crippen LogP contribution in [0.4, 0.5) is 5.82 Å². The topological polar surface area (TPSA) is 60.9 Å². The molecule has 1 heterocycles. The highest BCUT2D eigenvalue weighted by atomic mass is 79.9. The van der Waals surface area contributed by atoms with Crippen LogP contribution in [0.2, 0.25) is 0 Å². The second kappa shape index (κ2) is 3.86. The Hall–Kier alpha value is -1.62. The monoisotopic (exact) mass is 265 g/mol. The fourth-order valence-corrected chi connectivity index (χ4v) is 1.50. The van der Waals surface area contributed by atoms with E-state index in [1.807, 2.05) is 24.3 Å². The summed E-state index contributed by atoms with van der Waals surface area (Å²) >= 11 is 3.33. The van der Waals surface area contributed by atoms with Gasteiger partial charge in [0.2, 0.25) is 0 Å². The summed E-state index contributed by atoms with van der Waals surface area (Å²) < 4.78 is 2.41. The van der Waals surface area contributed by atoms with E-state index in [9.17, 15) is 4.79 Å². The van der Waals surface area contributed by atoms with Crippen molar-refractivity contribution < 1.29 is 0 Å². The molecule has 0 spiro atoms. The molecule has 0 aliphatic rings. The highest BCUT2D eigenvalue weighted by Gasteiger charge is 2.02. The van der Waals surface area contributed by atoms with Crippen LogP contribution >= 0.6 is 15.9 Å². The number of anilines is 1. The van der Waals surface area contributed by atoms with Crippen molar-refractivity contribution in [3.8, 4) is 5.69 Å². The Morgan fingerprint density at radius 2 is 1.93 bits per heavy atom. The van der Waals surface area contributed by atoms with Crippen LogP contribution < -0.4 is 11.3 Å². The minimum Gasteiger partial charge on any atom is -0.379 e. The van der Waals surface area contributed by atoms with Crippen molar-refractivity contribution in [3.05, 3.63) is 51.5 Å². The van der Waals surface area contributed by atoms with E-state index in [2.05, 4.69) is 20.9 Å². The lowest BCUT2D eigenvalue weighted by Gasteiger charge is -2.05. The van der Waals surface area contributed by atoms with Crippen molar-refractivity contribution in [1.29, 1.82) is 0 Å². The van der Waals surface area contributed by atoms with Gasteiger partial charge < -0.3 is 5.73 Å². The maximum atomic E-state index is 11.6. The molecule has 0 aliphatic heterocycles. The molecule has 0 bridgehead atoms. The van der Waals surface area contributed by atoms with Crippen molar-refractivity contribution in [2.75, 3.05) is 5.73 Å². The lowest BCUT2D eigenvalue weighted by atomic mass is 10.3. The van der Waals surface area contributed by atoms with E-state index in [0.717, 1.165) is 10.2 Å². The standard InChI is InChI=1S/C10H8BrN3O/c11-7-1-3-8(4-2-7)14-6-5-13-9(12)10(14)15/h1-6H,(H2,12,13). The number of rotatable bonds is 1. The zero-order chi connectivity index (χ0) is 10.8. The molecule has 1 aromatic carbocycles. The van der Waals surface area contributed by atoms with Gasteiger partial charge in [0.05, 0.1) is 0 Å². The number of benzene rings is 1. The predicted molar refractivity (Wildman–Crippen MR) is 61.9 cm³/mol. The molecule has 15 heavy (non-hydrogen) atoms. The van der Waals surface area contributed by atoms with Crippen LogP contribution in [-0.4, -0.2) is 9.55 Å². The van der Waals surface area contributed by atoms with Crippen molar-refractivity contribution in [2.45, 2.75) is 0 Å². The van der Waals surface area contributed by atoms with Crippen LogP contribution in [0.5, 0.6) is 0 Å². The molecule has 1 aromatic heterocycles. The van der Waals surface area contributed by atoms with Crippen molar-refractivity contribution in [1.82, 2.24) is 9.55 Å². The van der Waals surface area contributed by atoms with Gasteiger partial charge in [-0.25, -0.2) is 4.98 Å². The highest BCUT2D eigenvalue weighted by molar-refractivity contribution is 9.10. The smallest absolute Gasteiger partial charge is 0.297 e. The Morgan fingerprint density at radius 3 is 2.60 bits per heavy atom. The number of nitrogens with two attached hydrogens (primary N) is 1. The average Bonchev–Trinajstić information content (AvgIpc) is 2.24. The Bertz CT molecular complexity index is 533. The van der Waals surface area contributed by atoms with Gasteiger partial charge in [0, 0.05) is 22.6 Å². The van der Waals surface area contributed by atoms with Gasteiger partial charge in [-0.15, -0.1) is 0 Å². The summed E-state index contributed by atoms with van der Waals surface area (Å²) in [4.78, 5) is 15.3. The summed E-state index contributed by atoms with van der Waals surface area (Å²) in [6, 6.07) is 7.37. The third kappa shape index (κ3) is 1.92. The summed E-state index contributed by atoms with van der Waals surface area (Å²) in [5.41, 5.74) is 5.89. The number of hydrogen-bond acceptors (Lipinski definition) is 3. The van der Waals surface area contributed by atoms with E-state index in [1.165, 1.54) is 10.8 Å². The van der Waals surface area contributed by atoms with Crippen molar-refractivity contribution >= 4 is 21.7 Å². The summed E-state index contributed by atoms with van der Waals surface area (Å²) in [6.07, 6.45) is 3.08. The zero-order valence-corrected chi connectivity index (χ0v) is 9.31. The van der Waals surface area contributed by atoms with Gasteiger partial charge >= 0.3 is 0 Å². The van der Waals surface area contributed by atoms with E-state index in [4.69, 9.17) is 5.73 Å². The quantitative estimate of drug-likeness (QED) is 0.852. The maximum Gasteiger partial charge on any atom is 0.297 e. The summed E-state index contributed by atoms with van der Waals surface area (Å²) in [6.45, 7) is 0. The molecule has 0 fully saturated rings. The molecule has 0 radical (unpaired) electrons. The van der Waals surface area contributed by atoms with Gasteiger partial charge in [0.25, 0.3) is 5.56 Å². The normalized spacial score (nSPS) is 10.2. The first kappa shape index (κ1) is 9.92. The van der Waals surface area contributed by atoms with E-state index < -0.39 is 0 Å². The summed E-state index contributed by atoms with van der Waals surface area (Å²) in [5.74, 6) is 0.000388. The van der Waals surface area contributed by atoms with Crippen LogP contribution in [0.25, 0.3) is 5.69 Å². The number of nitrogens with zero attached hydrogens (tertiary/aromatic N) is 2. The molecule has 0 saturated heterocycles. The molecule has 2 aromatic rings. The molecule has 0 atom stereocenters. The molecule has 2 rings (SSSR count). The van der Waals surface area contributed by atoms with Crippen LogP contribution in [0.1, 0.15) is 0 Å². The van der Waals surface area contributed by atoms with Gasteiger partial charge in [0.15, 0.2) is 5.82 Å². The highest BCUT2D eigenvalue weighted by Crippen LogP contribution is 2.12. The second-order valence-electron chi connectivity index (χ2n) is 2.96. The van der Waals surface area contributed by atoms with E-state index in [-0.39, 0.29) is 11.4 Å². The Morgan fingerprint density at radius 1 is 1.27 bits per heavy atom. The fourth-order valence-electron chi connectivity index (χ4n) is 1.23. The average molecular weight is 266 g/mol.